The molecule has 0 aliphatic heterocycles. The molecule has 0 radical (unpaired) electrons. The molecule has 2 rings (SSSR count). The lowest BCUT2D eigenvalue weighted by molar-refractivity contribution is -0.113. The maximum absolute atomic E-state index is 10.6. The molecule has 2 N–H and O–H groups in total. The average Bonchev–Trinajstić information content (AvgIpc) is 2.78. The molecule has 0 bridgehead atoms. The predicted octanol–water partition coefficient (Wildman–Crippen LogP) is 3.75. The molecule has 0 spiro atoms. The van der Waals surface area contributed by atoms with Gasteiger partial charge in [-0.05, 0) is 30.3 Å². The molecule has 18 heavy (non-hydrogen) atoms. The summed E-state index contributed by atoms with van der Waals surface area (Å²) in [6.07, 6.45) is 2.71. The maximum Gasteiger partial charge on any atom is 0.241 e. The van der Waals surface area contributed by atoms with E-state index in [1.807, 2.05) is 0 Å². The van der Waals surface area contributed by atoms with Gasteiger partial charge in [-0.25, -0.2) is 0 Å². The number of halogens is 2. The van der Waals surface area contributed by atoms with Crippen molar-refractivity contribution in [3.8, 4) is 11.3 Å². The Morgan fingerprint density at radius 3 is 2.72 bits per heavy atom. The van der Waals surface area contributed by atoms with Gasteiger partial charge in [-0.2, -0.15) is 0 Å². The van der Waals surface area contributed by atoms with E-state index < -0.39 is 5.91 Å². The minimum Gasteiger partial charge on any atom is -0.457 e. The molecule has 0 atom stereocenters. The van der Waals surface area contributed by atoms with Crippen molar-refractivity contribution in [1.29, 1.82) is 0 Å². The monoisotopic (exact) mass is 281 g/mol. The summed E-state index contributed by atoms with van der Waals surface area (Å²) in [7, 11) is 0. The molecular formula is C13H9Cl2NO2. The van der Waals surface area contributed by atoms with Crippen molar-refractivity contribution in [2.45, 2.75) is 0 Å². The Morgan fingerprint density at radius 2 is 2.00 bits per heavy atom. The zero-order valence-corrected chi connectivity index (χ0v) is 10.7. The normalized spacial score (nSPS) is 11.0. The van der Waals surface area contributed by atoms with E-state index in [1.54, 1.807) is 30.3 Å². The van der Waals surface area contributed by atoms with Crippen LogP contribution in [-0.4, -0.2) is 5.91 Å². The fraction of sp³-hybridized carbons (Fsp3) is 0. The predicted molar refractivity (Wildman–Crippen MR) is 72.4 cm³/mol. The van der Waals surface area contributed by atoms with Crippen LogP contribution >= 0.6 is 23.2 Å². The smallest absolute Gasteiger partial charge is 0.241 e. The number of nitrogens with two attached hydrogens (primary N) is 1. The minimum absolute atomic E-state index is 0.430. The van der Waals surface area contributed by atoms with E-state index in [9.17, 15) is 4.79 Å². The Labute approximate surface area is 114 Å². The standard InChI is InChI=1S/C13H9Cl2NO2/c14-10-3-1-2-9(13(10)15)11-6-4-8(18-11)5-7-12(16)17/h1-7H,(H2,16,17)/b7-5+. The molecule has 1 heterocycles. The summed E-state index contributed by atoms with van der Waals surface area (Å²) in [6.45, 7) is 0. The van der Waals surface area contributed by atoms with Crippen LogP contribution in [0.2, 0.25) is 10.0 Å². The van der Waals surface area contributed by atoms with Crippen LogP contribution < -0.4 is 5.73 Å². The van der Waals surface area contributed by atoms with Gasteiger partial charge in [0.05, 0.1) is 10.0 Å². The molecule has 3 nitrogen and oxygen atoms in total. The molecular weight excluding hydrogens is 273 g/mol. The lowest BCUT2D eigenvalue weighted by Crippen LogP contribution is -2.04. The number of furan rings is 1. The Bertz CT molecular complexity index is 617. The molecule has 0 aliphatic rings. The van der Waals surface area contributed by atoms with Gasteiger partial charge in [-0.3, -0.25) is 4.79 Å². The summed E-state index contributed by atoms with van der Waals surface area (Å²) in [4.78, 5) is 10.6. The van der Waals surface area contributed by atoms with Crippen LogP contribution in [0.3, 0.4) is 0 Å². The first-order valence-electron chi connectivity index (χ1n) is 5.09. The SMILES string of the molecule is NC(=O)/C=C/c1ccc(-c2cccc(Cl)c2Cl)o1. The first kappa shape index (κ1) is 12.7. The van der Waals surface area contributed by atoms with Crippen LogP contribution in [0.15, 0.2) is 40.8 Å². The third kappa shape index (κ3) is 2.75. The highest BCUT2D eigenvalue weighted by molar-refractivity contribution is 6.43. The van der Waals surface area contributed by atoms with Gasteiger partial charge in [0.1, 0.15) is 11.5 Å². The van der Waals surface area contributed by atoms with E-state index in [0.29, 0.717) is 27.1 Å². The molecule has 1 aromatic heterocycles. The van der Waals surface area contributed by atoms with Crippen LogP contribution in [0, 0.1) is 0 Å². The molecule has 0 saturated heterocycles. The van der Waals surface area contributed by atoms with E-state index in [1.165, 1.54) is 12.2 Å². The Kier molecular flexibility index (Phi) is 3.75. The largest absolute Gasteiger partial charge is 0.457 e. The summed E-state index contributed by atoms with van der Waals surface area (Å²) in [5, 5.41) is 0.888. The van der Waals surface area contributed by atoms with Crippen molar-refractivity contribution in [2.75, 3.05) is 0 Å². The quantitative estimate of drug-likeness (QED) is 0.871. The zero-order chi connectivity index (χ0) is 13.1. The summed E-state index contributed by atoms with van der Waals surface area (Å²) >= 11 is 12.0. The topological polar surface area (TPSA) is 56.2 Å². The van der Waals surface area contributed by atoms with Gasteiger partial charge >= 0.3 is 0 Å². The van der Waals surface area contributed by atoms with E-state index >= 15 is 0 Å². The van der Waals surface area contributed by atoms with Gasteiger partial charge in [0.15, 0.2) is 0 Å². The second kappa shape index (κ2) is 5.29. The molecule has 5 heteroatoms. The Hall–Kier alpha value is -1.71. The molecule has 0 unspecified atom stereocenters. The number of hydrogen-bond donors (Lipinski definition) is 1. The number of primary amides is 1. The number of amides is 1. The molecule has 0 aliphatic carbocycles. The van der Waals surface area contributed by atoms with E-state index in [-0.39, 0.29) is 0 Å². The summed E-state index contributed by atoms with van der Waals surface area (Å²) < 4.78 is 5.52. The maximum atomic E-state index is 10.6. The van der Waals surface area contributed by atoms with Crippen molar-refractivity contribution in [3.63, 3.8) is 0 Å². The van der Waals surface area contributed by atoms with Crippen molar-refractivity contribution >= 4 is 35.2 Å². The summed E-state index contributed by atoms with van der Waals surface area (Å²) in [5.41, 5.74) is 5.69. The zero-order valence-electron chi connectivity index (χ0n) is 9.19. The second-order valence-corrected chi connectivity index (χ2v) is 4.32. The van der Waals surface area contributed by atoms with Crippen molar-refractivity contribution in [3.05, 3.63) is 52.2 Å². The highest BCUT2D eigenvalue weighted by Crippen LogP contribution is 2.34. The number of rotatable bonds is 3. The fourth-order valence-electron chi connectivity index (χ4n) is 1.45. The van der Waals surface area contributed by atoms with Gasteiger partial charge < -0.3 is 10.2 Å². The number of carbonyl (C=O) groups is 1. The van der Waals surface area contributed by atoms with Gasteiger partial charge in [0.2, 0.25) is 5.91 Å². The van der Waals surface area contributed by atoms with Gasteiger partial charge in [-0.15, -0.1) is 0 Å². The number of hydrogen-bond acceptors (Lipinski definition) is 2. The average molecular weight is 282 g/mol. The highest BCUT2D eigenvalue weighted by Gasteiger charge is 2.09. The van der Waals surface area contributed by atoms with Gasteiger partial charge in [0, 0.05) is 11.6 Å². The van der Waals surface area contributed by atoms with Crippen LogP contribution in [-0.2, 0) is 4.79 Å². The molecule has 1 amide bonds. The van der Waals surface area contributed by atoms with E-state index in [0.717, 1.165) is 0 Å². The van der Waals surface area contributed by atoms with Gasteiger partial charge in [-0.1, -0.05) is 29.3 Å². The Morgan fingerprint density at radius 1 is 1.22 bits per heavy atom. The minimum atomic E-state index is -0.534. The van der Waals surface area contributed by atoms with Crippen molar-refractivity contribution in [2.24, 2.45) is 5.73 Å². The van der Waals surface area contributed by atoms with Crippen molar-refractivity contribution < 1.29 is 9.21 Å². The lowest BCUT2D eigenvalue weighted by Gasteiger charge is -2.01. The Balaban J connectivity index is 2.35. The third-order valence-corrected chi connectivity index (χ3v) is 3.07. The van der Waals surface area contributed by atoms with E-state index in [2.05, 4.69) is 0 Å². The summed E-state index contributed by atoms with van der Waals surface area (Å²) in [5.74, 6) is 0.556. The number of carbonyl (C=O) groups excluding carboxylic acids is 1. The molecule has 0 saturated carbocycles. The fourth-order valence-corrected chi connectivity index (χ4v) is 1.84. The molecule has 92 valence electrons. The molecule has 1 aromatic carbocycles. The molecule has 0 fully saturated rings. The second-order valence-electron chi connectivity index (χ2n) is 3.54. The summed E-state index contributed by atoms with van der Waals surface area (Å²) in [6, 6.07) is 8.74. The highest BCUT2D eigenvalue weighted by atomic mass is 35.5. The number of benzene rings is 1. The van der Waals surface area contributed by atoms with Crippen LogP contribution in [0.25, 0.3) is 17.4 Å². The first-order chi connectivity index (χ1) is 8.58. The third-order valence-electron chi connectivity index (χ3n) is 2.26. The molecule has 2 aromatic rings. The lowest BCUT2D eigenvalue weighted by atomic mass is 10.2. The van der Waals surface area contributed by atoms with Crippen molar-refractivity contribution in [1.82, 2.24) is 0 Å². The van der Waals surface area contributed by atoms with Crippen LogP contribution in [0.1, 0.15) is 5.76 Å². The van der Waals surface area contributed by atoms with E-state index in [4.69, 9.17) is 33.4 Å². The van der Waals surface area contributed by atoms with Crippen LogP contribution in [0.5, 0.6) is 0 Å². The van der Waals surface area contributed by atoms with Gasteiger partial charge in [0.25, 0.3) is 0 Å². The van der Waals surface area contributed by atoms with Crippen LogP contribution in [0.4, 0.5) is 0 Å². The first-order valence-corrected chi connectivity index (χ1v) is 5.85.